The van der Waals surface area contributed by atoms with Crippen molar-refractivity contribution in [2.75, 3.05) is 18.6 Å². The molecule has 1 N–H and O–H groups in total. The second-order valence-corrected chi connectivity index (χ2v) is 4.37. The highest BCUT2D eigenvalue weighted by Gasteiger charge is 1.99. The highest BCUT2D eigenvalue weighted by molar-refractivity contribution is 7.99. The highest BCUT2D eigenvalue weighted by Crippen LogP contribution is 2.09. The minimum atomic E-state index is -0.742. The number of carbonyl (C=O) groups excluding carboxylic acids is 1. The molecule has 0 rings (SSSR count). The Hall–Kier alpha value is -0.710. The zero-order valence-corrected chi connectivity index (χ0v) is 9.85. The Labute approximate surface area is 94.4 Å². The van der Waals surface area contributed by atoms with Gasteiger partial charge in [-0.2, -0.15) is 11.8 Å². The molecule has 0 aliphatic carbocycles. The highest BCUT2D eigenvalue weighted by atomic mass is 32.2. The molecule has 0 saturated carbocycles. The molecule has 0 fully saturated rings. The maximum absolute atomic E-state index is 10.7. The number of carboxylic acids is 1. The molecule has 0 aromatic rings. The summed E-state index contributed by atoms with van der Waals surface area (Å²) in [6.45, 7) is 0. The van der Waals surface area contributed by atoms with Gasteiger partial charge in [-0.15, -0.1) is 0 Å². The van der Waals surface area contributed by atoms with Gasteiger partial charge >= 0.3 is 11.9 Å². The Balaban J connectivity index is 3.05. The van der Waals surface area contributed by atoms with E-state index in [-0.39, 0.29) is 12.4 Å². The lowest BCUT2D eigenvalue weighted by atomic mass is 10.2. The molecule has 0 amide bonds. The van der Waals surface area contributed by atoms with Crippen molar-refractivity contribution < 1.29 is 19.4 Å². The van der Waals surface area contributed by atoms with Gasteiger partial charge in [0.1, 0.15) is 0 Å². The minimum absolute atomic E-state index is 0.159. The van der Waals surface area contributed by atoms with Gasteiger partial charge in [0.2, 0.25) is 0 Å². The van der Waals surface area contributed by atoms with Crippen LogP contribution < -0.4 is 0 Å². The molecule has 0 spiro atoms. The van der Waals surface area contributed by atoms with Crippen LogP contribution in [0.3, 0.4) is 0 Å². The van der Waals surface area contributed by atoms with Crippen LogP contribution in [0.1, 0.15) is 32.1 Å². The number of methoxy groups -OCH3 is 1. The first kappa shape index (κ1) is 14.3. The largest absolute Gasteiger partial charge is 0.481 e. The molecule has 0 aromatic carbocycles. The fourth-order valence-electron chi connectivity index (χ4n) is 1.01. The van der Waals surface area contributed by atoms with Crippen molar-refractivity contribution in [1.29, 1.82) is 0 Å². The van der Waals surface area contributed by atoms with Gasteiger partial charge in [-0.3, -0.25) is 9.59 Å². The van der Waals surface area contributed by atoms with Crippen molar-refractivity contribution in [3.05, 3.63) is 0 Å². The van der Waals surface area contributed by atoms with Crippen molar-refractivity contribution in [2.24, 2.45) is 0 Å². The van der Waals surface area contributed by atoms with Crippen LogP contribution in [-0.2, 0) is 14.3 Å². The molecule has 0 atom stereocenters. The van der Waals surface area contributed by atoms with E-state index in [2.05, 4.69) is 4.74 Å². The Morgan fingerprint density at radius 2 is 1.87 bits per heavy atom. The molecule has 15 heavy (non-hydrogen) atoms. The van der Waals surface area contributed by atoms with Crippen molar-refractivity contribution in [1.82, 2.24) is 0 Å². The number of hydrogen-bond donors (Lipinski definition) is 1. The Morgan fingerprint density at radius 1 is 1.13 bits per heavy atom. The van der Waals surface area contributed by atoms with Crippen molar-refractivity contribution in [2.45, 2.75) is 32.1 Å². The molecule has 0 heterocycles. The SMILES string of the molecule is COC(=O)CCCCCSCCC(=O)O. The Bertz CT molecular complexity index is 194. The summed E-state index contributed by atoms with van der Waals surface area (Å²) >= 11 is 1.65. The van der Waals surface area contributed by atoms with Crippen LogP contribution in [-0.4, -0.2) is 35.7 Å². The standard InChI is InChI=1S/C10H18O4S/c1-14-10(13)5-3-2-4-7-15-8-6-9(11)12/h2-8H2,1H3,(H,11,12). The normalized spacial score (nSPS) is 9.93. The summed E-state index contributed by atoms with van der Waals surface area (Å²) in [6.07, 6.45) is 3.59. The lowest BCUT2D eigenvalue weighted by Crippen LogP contribution is -1.99. The average Bonchev–Trinajstić information content (AvgIpc) is 2.21. The van der Waals surface area contributed by atoms with Crippen LogP contribution in [0.4, 0.5) is 0 Å². The molecule has 4 nitrogen and oxygen atoms in total. The van der Waals surface area contributed by atoms with Gasteiger partial charge in [-0.05, 0) is 18.6 Å². The summed E-state index contributed by atoms with van der Waals surface area (Å²) in [4.78, 5) is 20.9. The monoisotopic (exact) mass is 234 g/mol. The molecule has 0 aromatic heterocycles. The molecular formula is C10H18O4S. The smallest absolute Gasteiger partial charge is 0.305 e. The summed E-state index contributed by atoms with van der Waals surface area (Å²) in [7, 11) is 1.39. The maximum Gasteiger partial charge on any atom is 0.305 e. The van der Waals surface area contributed by atoms with Crippen molar-refractivity contribution in [3.63, 3.8) is 0 Å². The molecule has 0 radical (unpaired) electrons. The molecule has 0 aliphatic rings. The summed E-state index contributed by atoms with van der Waals surface area (Å²) < 4.78 is 4.51. The van der Waals surface area contributed by atoms with E-state index in [9.17, 15) is 9.59 Å². The molecule has 0 unspecified atom stereocenters. The van der Waals surface area contributed by atoms with Crippen molar-refractivity contribution >= 4 is 23.7 Å². The number of carboxylic acid groups (broad SMARTS) is 1. The second kappa shape index (κ2) is 9.83. The third-order valence-corrected chi connectivity index (χ3v) is 2.93. The first-order chi connectivity index (χ1) is 7.16. The zero-order valence-electron chi connectivity index (χ0n) is 9.03. The van der Waals surface area contributed by atoms with Gasteiger partial charge in [-0.1, -0.05) is 6.42 Å². The number of unbranched alkanes of at least 4 members (excludes halogenated alkanes) is 2. The van der Waals surface area contributed by atoms with Gasteiger partial charge in [0.15, 0.2) is 0 Å². The number of rotatable bonds is 9. The van der Waals surface area contributed by atoms with E-state index in [4.69, 9.17) is 5.11 Å². The van der Waals surface area contributed by atoms with Gasteiger partial charge in [0, 0.05) is 12.2 Å². The second-order valence-electron chi connectivity index (χ2n) is 3.14. The molecule has 0 aliphatic heterocycles. The predicted octanol–water partition coefficient (Wildman–Crippen LogP) is 1.93. The number of ether oxygens (including phenoxy) is 1. The topological polar surface area (TPSA) is 63.6 Å². The van der Waals surface area contributed by atoms with E-state index in [0.717, 1.165) is 25.0 Å². The molecule has 0 bridgehead atoms. The minimum Gasteiger partial charge on any atom is -0.481 e. The number of esters is 1. The van der Waals surface area contributed by atoms with Crippen LogP contribution in [0.15, 0.2) is 0 Å². The van der Waals surface area contributed by atoms with E-state index in [0.29, 0.717) is 12.2 Å². The van der Waals surface area contributed by atoms with Crippen LogP contribution in [0.5, 0.6) is 0 Å². The van der Waals surface area contributed by atoms with Crippen molar-refractivity contribution in [3.8, 4) is 0 Å². The average molecular weight is 234 g/mol. The third-order valence-electron chi connectivity index (χ3n) is 1.86. The third kappa shape index (κ3) is 11.2. The van der Waals surface area contributed by atoms with E-state index >= 15 is 0 Å². The van der Waals surface area contributed by atoms with Gasteiger partial charge in [0.05, 0.1) is 13.5 Å². The summed E-state index contributed by atoms with van der Waals surface area (Å²) in [5.41, 5.74) is 0. The molecule has 88 valence electrons. The molecular weight excluding hydrogens is 216 g/mol. The first-order valence-electron chi connectivity index (χ1n) is 5.03. The van der Waals surface area contributed by atoms with E-state index in [1.807, 2.05) is 0 Å². The number of aliphatic carboxylic acids is 1. The zero-order chi connectivity index (χ0) is 11.5. The summed E-state index contributed by atoms with van der Waals surface area (Å²) in [5.74, 6) is 0.738. The fourth-order valence-corrected chi connectivity index (χ4v) is 1.95. The fraction of sp³-hybridized carbons (Fsp3) is 0.800. The van der Waals surface area contributed by atoms with Crippen LogP contribution >= 0.6 is 11.8 Å². The summed E-state index contributed by atoms with van der Waals surface area (Å²) in [5, 5.41) is 8.38. The number of carbonyl (C=O) groups is 2. The van der Waals surface area contributed by atoms with Gasteiger partial charge in [0.25, 0.3) is 0 Å². The van der Waals surface area contributed by atoms with Gasteiger partial charge < -0.3 is 9.84 Å². The lowest BCUT2D eigenvalue weighted by Gasteiger charge is -2.00. The van der Waals surface area contributed by atoms with E-state index < -0.39 is 5.97 Å². The van der Waals surface area contributed by atoms with E-state index in [1.54, 1.807) is 11.8 Å². The van der Waals surface area contributed by atoms with Crippen LogP contribution in [0.2, 0.25) is 0 Å². The molecule has 0 saturated heterocycles. The Morgan fingerprint density at radius 3 is 2.47 bits per heavy atom. The quantitative estimate of drug-likeness (QED) is 0.488. The van der Waals surface area contributed by atoms with Gasteiger partial charge in [-0.25, -0.2) is 0 Å². The first-order valence-corrected chi connectivity index (χ1v) is 6.18. The Kier molecular flexibility index (Phi) is 9.36. The maximum atomic E-state index is 10.7. The number of thioether (sulfide) groups is 1. The molecule has 5 heteroatoms. The summed E-state index contributed by atoms with van der Waals surface area (Å²) in [6, 6.07) is 0. The van der Waals surface area contributed by atoms with E-state index in [1.165, 1.54) is 7.11 Å². The van der Waals surface area contributed by atoms with Crippen LogP contribution in [0, 0.1) is 0 Å². The van der Waals surface area contributed by atoms with Crippen LogP contribution in [0.25, 0.3) is 0 Å². The lowest BCUT2D eigenvalue weighted by molar-refractivity contribution is -0.140. The predicted molar refractivity (Wildman–Crippen MR) is 60.1 cm³/mol. The number of hydrogen-bond acceptors (Lipinski definition) is 4.